The Bertz CT molecular complexity index is 1150. The summed E-state index contributed by atoms with van der Waals surface area (Å²) < 4.78 is 13.1. The molecule has 158 valence electrons. The van der Waals surface area contributed by atoms with Gasteiger partial charge in [0.2, 0.25) is 5.95 Å². The zero-order chi connectivity index (χ0) is 21.2. The molecule has 0 fully saturated rings. The van der Waals surface area contributed by atoms with Crippen molar-refractivity contribution in [3.8, 4) is 11.3 Å². The Morgan fingerprint density at radius 3 is 2.84 bits per heavy atom. The number of pyridine rings is 1. The number of aromatic nitrogens is 3. The number of ether oxygens (including phenoxy) is 2. The third-order valence-electron chi connectivity index (χ3n) is 5.91. The zero-order valence-corrected chi connectivity index (χ0v) is 17.3. The summed E-state index contributed by atoms with van der Waals surface area (Å²) in [4.78, 5) is 24.3. The average Bonchev–Trinajstić information content (AvgIpc) is 2.82. The second-order valence-corrected chi connectivity index (χ2v) is 7.87. The summed E-state index contributed by atoms with van der Waals surface area (Å²) >= 11 is 0. The Morgan fingerprint density at radius 2 is 2.10 bits per heavy atom. The van der Waals surface area contributed by atoms with Crippen LogP contribution in [0.1, 0.15) is 26.2 Å². The van der Waals surface area contributed by atoms with Crippen molar-refractivity contribution in [1.82, 2.24) is 14.5 Å². The van der Waals surface area contributed by atoms with Crippen LogP contribution in [0.5, 0.6) is 0 Å². The van der Waals surface area contributed by atoms with Crippen LogP contribution in [0.25, 0.3) is 11.3 Å². The molecule has 2 aromatic heterocycles. The van der Waals surface area contributed by atoms with Gasteiger partial charge in [-0.2, -0.15) is 0 Å². The van der Waals surface area contributed by atoms with Crippen LogP contribution in [0.15, 0.2) is 83.7 Å². The van der Waals surface area contributed by atoms with Gasteiger partial charge in [-0.15, -0.1) is 0 Å². The van der Waals surface area contributed by atoms with Gasteiger partial charge in [-0.05, 0) is 43.9 Å². The van der Waals surface area contributed by atoms with E-state index in [9.17, 15) is 4.79 Å². The van der Waals surface area contributed by atoms with E-state index in [1.54, 1.807) is 35.6 Å². The summed E-state index contributed by atoms with van der Waals surface area (Å²) in [6.45, 7) is 2.80. The van der Waals surface area contributed by atoms with Crippen molar-refractivity contribution < 1.29 is 9.47 Å². The topological polar surface area (TPSA) is 69.5 Å². The van der Waals surface area contributed by atoms with E-state index < -0.39 is 0 Å². The highest BCUT2D eigenvalue weighted by molar-refractivity contribution is 5.60. The number of nitrogens with zero attached hydrogens (tertiary/aromatic N) is 4. The van der Waals surface area contributed by atoms with E-state index in [2.05, 4.69) is 35.0 Å². The van der Waals surface area contributed by atoms with E-state index in [0.29, 0.717) is 23.9 Å². The highest BCUT2D eigenvalue weighted by atomic mass is 16.5. The normalized spacial score (nSPS) is 20.8. The molecule has 31 heavy (non-hydrogen) atoms. The Morgan fingerprint density at radius 1 is 1.23 bits per heavy atom. The molecule has 2 aliphatic heterocycles. The first-order valence-corrected chi connectivity index (χ1v) is 10.6. The van der Waals surface area contributed by atoms with Crippen molar-refractivity contribution in [2.75, 3.05) is 4.90 Å². The number of anilines is 1. The van der Waals surface area contributed by atoms with Crippen molar-refractivity contribution in [2.45, 2.75) is 44.8 Å². The molecule has 5 rings (SSSR count). The Hall–Kier alpha value is -3.61. The van der Waals surface area contributed by atoms with Gasteiger partial charge in [0.15, 0.2) is 5.76 Å². The van der Waals surface area contributed by atoms with Crippen LogP contribution in [-0.4, -0.2) is 26.6 Å². The predicted octanol–water partition coefficient (Wildman–Crippen LogP) is 3.91. The summed E-state index contributed by atoms with van der Waals surface area (Å²) in [5, 5.41) is 0. The van der Waals surface area contributed by atoms with Gasteiger partial charge in [-0.1, -0.05) is 18.2 Å². The fraction of sp³-hybridized carbons (Fsp3) is 0.292. The van der Waals surface area contributed by atoms with E-state index >= 15 is 0 Å². The maximum atomic E-state index is 13.1. The molecule has 2 unspecified atom stereocenters. The van der Waals surface area contributed by atoms with Crippen molar-refractivity contribution in [2.24, 2.45) is 0 Å². The quantitative estimate of drug-likeness (QED) is 0.753. The molecular formula is C24H24N4O3. The molecule has 0 saturated carbocycles. The highest BCUT2D eigenvalue weighted by Crippen LogP contribution is 2.35. The molecule has 0 N–H and O–H groups in total. The minimum Gasteiger partial charge on any atom is -0.466 e. The van der Waals surface area contributed by atoms with E-state index in [1.165, 1.54) is 11.8 Å². The van der Waals surface area contributed by atoms with Crippen LogP contribution in [0.4, 0.5) is 5.95 Å². The maximum absolute atomic E-state index is 13.1. The lowest BCUT2D eigenvalue weighted by atomic mass is 9.93. The first-order chi connectivity index (χ1) is 15.2. The third kappa shape index (κ3) is 3.67. The molecule has 4 heterocycles. The molecule has 0 saturated heterocycles. The Balaban J connectivity index is 1.67. The number of allylic oxidation sites excluding steroid dienone is 3. The van der Waals surface area contributed by atoms with Gasteiger partial charge in [0.25, 0.3) is 5.56 Å². The molecule has 3 aliphatic rings. The van der Waals surface area contributed by atoms with Gasteiger partial charge >= 0.3 is 0 Å². The Labute approximate surface area is 180 Å². The largest absolute Gasteiger partial charge is 0.466 e. The molecule has 1 aliphatic carbocycles. The van der Waals surface area contributed by atoms with Gasteiger partial charge in [-0.3, -0.25) is 14.3 Å². The summed E-state index contributed by atoms with van der Waals surface area (Å²) in [5.74, 6) is 1.34. The van der Waals surface area contributed by atoms with Gasteiger partial charge in [0.1, 0.15) is 24.8 Å². The van der Waals surface area contributed by atoms with Crippen molar-refractivity contribution in [3.63, 3.8) is 0 Å². The fourth-order valence-corrected chi connectivity index (χ4v) is 4.34. The summed E-state index contributed by atoms with van der Waals surface area (Å²) in [6.07, 6.45) is 17.2. The molecule has 0 aromatic carbocycles. The minimum atomic E-state index is -0.212. The van der Waals surface area contributed by atoms with E-state index in [4.69, 9.17) is 14.5 Å². The molecule has 2 atom stereocenters. The molecule has 2 aromatic rings. The molecule has 0 radical (unpaired) electrons. The van der Waals surface area contributed by atoms with E-state index in [0.717, 1.165) is 24.8 Å². The van der Waals surface area contributed by atoms with E-state index in [-0.39, 0.29) is 17.6 Å². The average molecular weight is 416 g/mol. The highest BCUT2D eigenvalue weighted by Gasteiger charge is 2.37. The van der Waals surface area contributed by atoms with Crippen molar-refractivity contribution in [1.29, 1.82) is 0 Å². The summed E-state index contributed by atoms with van der Waals surface area (Å²) in [7, 11) is 0. The molecule has 7 heteroatoms. The van der Waals surface area contributed by atoms with E-state index in [1.807, 2.05) is 12.1 Å². The second-order valence-electron chi connectivity index (χ2n) is 7.87. The summed E-state index contributed by atoms with van der Waals surface area (Å²) in [6, 6.07) is 5.29. The van der Waals surface area contributed by atoms with Crippen LogP contribution >= 0.6 is 0 Å². The second kappa shape index (κ2) is 8.26. The number of hydrogen-bond acceptors (Lipinski definition) is 6. The summed E-state index contributed by atoms with van der Waals surface area (Å²) in [5.41, 5.74) is 2.66. The molecule has 0 spiro atoms. The van der Waals surface area contributed by atoms with Gasteiger partial charge < -0.3 is 14.4 Å². The standard InChI is InChI=1S/C24H24N4O3/c1-17-9-12-27-22(29)15-20(18-7-10-25-11-8-18)26-24(27)28(17)23(19-5-3-2-4-6-19)21-16-30-13-14-31-21/h2-3,5,7-8,10-11,13-17,23H,4,6,9,12H2,1H3. The lowest BCUT2D eigenvalue weighted by Gasteiger charge is -2.43. The predicted molar refractivity (Wildman–Crippen MR) is 118 cm³/mol. The smallest absolute Gasteiger partial charge is 0.255 e. The lowest BCUT2D eigenvalue weighted by molar-refractivity contribution is 0.234. The number of rotatable bonds is 4. The van der Waals surface area contributed by atoms with Gasteiger partial charge in [-0.25, -0.2) is 4.98 Å². The first kappa shape index (κ1) is 19.4. The van der Waals surface area contributed by atoms with Crippen LogP contribution in [0.2, 0.25) is 0 Å². The van der Waals surface area contributed by atoms with Gasteiger partial charge in [0, 0.05) is 36.6 Å². The molecule has 7 nitrogen and oxygen atoms in total. The van der Waals surface area contributed by atoms with Crippen LogP contribution in [0.3, 0.4) is 0 Å². The third-order valence-corrected chi connectivity index (χ3v) is 5.91. The van der Waals surface area contributed by atoms with Crippen molar-refractivity contribution in [3.05, 3.63) is 89.3 Å². The fourth-order valence-electron chi connectivity index (χ4n) is 4.34. The van der Waals surface area contributed by atoms with Crippen LogP contribution in [0, 0.1) is 0 Å². The SMILES string of the molecule is CC1CCn2c(nc(-c3ccncc3)cc2=O)N1C(C1=CC=CCC1)C1=COC=CO1. The number of fused-ring (bicyclic) bond motifs is 1. The first-order valence-electron chi connectivity index (χ1n) is 10.6. The minimum absolute atomic E-state index is 0.0559. The maximum Gasteiger partial charge on any atom is 0.255 e. The lowest BCUT2D eigenvalue weighted by Crippen LogP contribution is -2.51. The molecule has 0 amide bonds. The van der Waals surface area contributed by atoms with Gasteiger partial charge in [0.05, 0.1) is 5.69 Å². The zero-order valence-electron chi connectivity index (χ0n) is 17.3. The molecular weight excluding hydrogens is 392 g/mol. The van der Waals surface area contributed by atoms with Crippen molar-refractivity contribution >= 4 is 5.95 Å². The molecule has 0 bridgehead atoms. The monoisotopic (exact) mass is 416 g/mol. The van der Waals surface area contributed by atoms with Crippen LogP contribution < -0.4 is 10.5 Å². The van der Waals surface area contributed by atoms with Crippen LogP contribution in [-0.2, 0) is 16.0 Å². The Kier molecular flexibility index (Phi) is 5.16. The number of hydrogen-bond donors (Lipinski definition) is 0.